The maximum absolute atomic E-state index is 11.7. The minimum Gasteiger partial charge on any atom is -0.496 e. The molecule has 1 aromatic carbocycles. The van der Waals surface area contributed by atoms with Gasteiger partial charge in [0, 0.05) is 43.2 Å². The van der Waals surface area contributed by atoms with E-state index in [4.69, 9.17) is 4.74 Å². The van der Waals surface area contributed by atoms with Crippen LogP contribution in [0.1, 0.15) is 30.5 Å². The van der Waals surface area contributed by atoms with Crippen LogP contribution >= 0.6 is 11.8 Å². The van der Waals surface area contributed by atoms with E-state index in [1.165, 1.54) is 11.8 Å². The van der Waals surface area contributed by atoms with Crippen LogP contribution < -0.4 is 15.4 Å². The van der Waals surface area contributed by atoms with Crippen LogP contribution in [0.2, 0.25) is 0 Å². The molecule has 164 valence electrons. The van der Waals surface area contributed by atoms with Gasteiger partial charge < -0.3 is 20.3 Å². The Morgan fingerprint density at radius 1 is 1.38 bits per heavy atom. The summed E-state index contributed by atoms with van der Waals surface area (Å²) in [5, 5.41) is 19.0. The quantitative estimate of drug-likeness (QED) is 0.468. The fourth-order valence-electron chi connectivity index (χ4n) is 3.64. The Bertz CT molecular complexity index is 1110. The molecule has 3 heterocycles. The topological polar surface area (TPSA) is 103 Å². The van der Waals surface area contributed by atoms with Crippen molar-refractivity contribution < 1.29 is 9.53 Å². The molecule has 2 aliphatic heterocycles. The molecular formula is C23H24N6O2S. The summed E-state index contributed by atoms with van der Waals surface area (Å²) in [6.45, 7) is 2.23. The predicted octanol–water partition coefficient (Wildman–Crippen LogP) is 3.44. The molecule has 0 spiro atoms. The molecule has 1 amide bonds. The number of ether oxygens (including phenoxy) is 1. The molecule has 32 heavy (non-hydrogen) atoms. The number of anilines is 1. The van der Waals surface area contributed by atoms with Crippen molar-refractivity contribution in [3.63, 3.8) is 0 Å². The van der Waals surface area contributed by atoms with Gasteiger partial charge in [0.1, 0.15) is 17.4 Å². The van der Waals surface area contributed by atoms with Gasteiger partial charge in [0.05, 0.1) is 23.5 Å². The number of amides is 1. The second-order valence-corrected chi connectivity index (χ2v) is 8.20. The largest absolute Gasteiger partial charge is 0.496 e. The van der Waals surface area contributed by atoms with Crippen molar-refractivity contribution >= 4 is 34.9 Å². The smallest absolute Gasteiger partial charge is 0.223 e. The number of nitrogens with one attached hydrogen (secondary N) is 2. The normalized spacial score (nSPS) is 16.9. The molecule has 4 rings (SSSR count). The fraction of sp³-hybridized carbons (Fsp3) is 0.304. The number of likely N-dealkylation sites (tertiary alicyclic amines) is 1. The first-order valence-corrected chi connectivity index (χ1v) is 11.3. The maximum atomic E-state index is 11.7. The summed E-state index contributed by atoms with van der Waals surface area (Å²) in [5.41, 5.74) is 2.80. The zero-order chi connectivity index (χ0) is 22.3. The average Bonchev–Trinajstić information content (AvgIpc) is 3.47. The van der Waals surface area contributed by atoms with Crippen molar-refractivity contribution in [2.24, 2.45) is 0 Å². The number of aromatic nitrogens is 2. The number of hydrogen-bond donors (Lipinski definition) is 2. The molecule has 2 aromatic rings. The number of benzene rings is 1. The molecule has 0 aliphatic carbocycles. The maximum Gasteiger partial charge on any atom is 0.223 e. The molecule has 8 nitrogen and oxygen atoms in total. The van der Waals surface area contributed by atoms with E-state index in [2.05, 4.69) is 26.7 Å². The number of thioether (sulfide) groups is 1. The molecule has 0 atom stereocenters. The van der Waals surface area contributed by atoms with Gasteiger partial charge in [0.2, 0.25) is 11.9 Å². The summed E-state index contributed by atoms with van der Waals surface area (Å²) in [5.74, 6) is 1.46. The standard InChI is InChI=1S/C23H24N6O2S/c1-31-20-7-3-2-6-16(20)19-15-32-22(27-19)17(14-24)18-9-11-26-23(28-18)25-10-5-13-29-12-4-8-21(29)30/h2-3,6-7,9,11,15,27H,4-5,8,10,12-13H2,1H3,(H,25,26,28). The van der Waals surface area contributed by atoms with Gasteiger partial charge in [-0.3, -0.25) is 4.79 Å². The minimum atomic E-state index is 0.233. The Hall–Kier alpha value is -3.51. The van der Waals surface area contributed by atoms with Gasteiger partial charge in [-0.2, -0.15) is 5.26 Å². The van der Waals surface area contributed by atoms with Gasteiger partial charge in [-0.25, -0.2) is 9.97 Å². The van der Waals surface area contributed by atoms with Crippen LogP contribution in [0.25, 0.3) is 11.3 Å². The Labute approximate surface area is 191 Å². The summed E-state index contributed by atoms with van der Waals surface area (Å²) in [6, 6.07) is 11.7. The highest BCUT2D eigenvalue weighted by atomic mass is 32.2. The number of methoxy groups -OCH3 is 1. The lowest BCUT2D eigenvalue weighted by molar-refractivity contribution is -0.127. The third kappa shape index (κ3) is 4.86. The summed E-state index contributed by atoms with van der Waals surface area (Å²) >= 11 is 1.44. The highest BCUT2D eigenvalue weighted by molar-refractivity contribution is 8.06. The Morgan fingerprint density at radius 2 is 2.25 bits per heavy atom. The van der Waals surface area contributed by atoms with Crippen molar-refractivity contribution in [3.8, 4) is 11.8 Å². The highest BCUT2D eigenvalue weighted by Crippen LogP contribution is 2.37. The SMILES string of the molecule is COc1ccccc1C1=CSC(=C(C#N)c2ccnc(NCCCN3CCCC3=O)n2)N1. The molecule has 0 saturated carbocycles. The van der Waals surface area contributed by atoms with Gasteiger partial charge in [-0.1, -0.05) is 23.9 Å². The predicted molar refractivity (Wildman–Crippen MR) is 125 cm³/mol. The Kier molecular flexibility index (Phi) is 6.92. The second-order valence-electron chi connectivity index (χ2n) is 7.32. The van der Waals surface area contributed by atoms with Crippen LogP contribution in [0.4, 0.5) is 5.95 Å². The molecule has 1 fully saturated rings. The first-order valence-electron chi connectivity index (χ1n) is 10.5. The third-order valence-electron chi connectivity index (χ3n) is 5.25. The zero-order valence-electron chi connectivity index (χ0n) is 17.8. The molecule has 1 saturated heterocycles. The van der Waals surface area contributed by atoms with E-state index in [1.807, 2.05) is 34.6 Å². The van der Waals surface area contributed by atoms with Gasteiger partial charge in [-0.15, -0.1) is 0 Å². The van der Waals surface area contributed by atoms with Crippen LogP contribution in [0.15, 0.2) is 47.0 Å². The molecule has 0 bridgehead atoms. The number of hydrogen-bond acceptors (Lipinski definition) is 8. The molecule has 2 N–H and O–H groups in total. The van der Waals surface area contributed by atoms with E-state index in [1.54, 1.807) is 19.4 Å². The number of carbonyl (C=O) groups excluding carboxylic acids is 1. The minimum absolute atomic E-state index is 0.233. The fourth-order valence-corrected chi connectivity index (χ4v) is 4.50. The molecule has 1 aromatic heterocycles. The monoisotopic (exact) mass is 448 g/mol. The molecule has 0 unspecified atom stereocenters. The Balaban J connectivity index is 1.42. The zero-order valence-corrected chi connectivity index (χ0v) is 18.6. The number of para-hydroxylation sites is 1. The van der Waals surface area contributed by atoms with E-state index < -0.39 is 0 Å². The lowest BCUT2D eigenvalue weighted by Gasteiger charge is -2.15. The van der Waals surface area contributed by atoms with Crippen LogP contribution in [-0.4, -0.2) is 47.5 Å². The third-order valence-corrected chi connectivity index (χ3v) is 6.15. The number of nitriles is 1. The van der Waals surface area contributed by atoms with Crippen LogP contribution in [0.5, 0.6) is 5.75 Å². The Morgan fingerprint density at radius 3 is 3.03 bits per heavy atom. The lowest BCUT2D eigenvalue weighted by Crippen LogP contribution is -2.27. The van der Waals surface area contributed by atoms with Gasteiger partial charge >= 0.3 is 0 Å². The summed E-state index contributed by atoms with van der Waals surface area (Å²) in [4.78, 5) is 22.4. The van der Waals surface area contributed by atoms with E-state index in [0.29, 0.717) is 35.2 Å². The summed E-state index contributed by atoms with van der Waals surface area (Å²) in [6.07, 6.45) is 4.06. The van der Waals surface area contributed by atoms with Crippen LogP contribution in [0, 0.1) is 11.3 Å². The summed E-state index contributed by atoms with van der Waals surface area (Å²) in [7, 11) is 1.64. The van der Waals surface area contributed by atoms with Crippen molar-refractivity contribution in [2.75, 3.05) is 32.1 Å². The van der Waals surface area contributed by atoms with Crippen molar-refractivity contribution in [2.45, 2.75) is 19.3 Å². The van der Waals surface area contributed by atoms with Gasteiger partial charge in [0.15, 0.2) is 0 Å². The van der Waals surface area contributed by atoms with E-state index >= 15 is 0 Å². The molecule has 9 heteroatoms. The second kappa shape index (κ2) is 10.2. The molecule has 2 aliphatic rings. The van der Waals surface area contributed by atoms with Gasteiger partial charge in [0.25, 0.3) is 0 Å². The van der Waals surface area contributed by atoms with E-state index in [9.17, 15) is 10.1 Å². The number of nitrogens with zero attached hydrogens (tertiary/aromatic N) is 4. The highest BCUT2D eigenvalue weighted by Gasteiger charge is 2.21. The van der Waals surface area contributed by atoms with E-state index in [-0.39, 0.29) is 5.91 Å². The molecular weight excluding hydrogens is 424 g/mol. The number of rotatable bonds is 8. The average molecular weight is 449 g/mol. The van der Waals surface area contributed by atoms with Gasteiger partial charge in [-0.05, 0) is 31.0 Å². The van der Waals surface area contributed by atoms with Crippen LogP contribution in [0.3, 0.4) is 0 Å². The van der Waals surface area contributed by atoms with Crippen LogP contribution in [-0.2, 0) is 4.79 Å². The van der Waals surface area contributed by atoms with Crippen molar-refractivity contribution in [1.82, 2.24) is 20.2 Å². The summed E-state index contributed by atoms with van der Waals surface area (Å²) < 4.78 is 5.44. The van der Waals surface area contributed by atoms with Crippen molar-refractivity contribution in [1.29, 1.82) is 5.26 Å². The number of carbonyl (C=O) groups is 1. The first-order chi connectivity index (χ1) is 15.7. The lowest BCUT2D eigenvalue weighted by atomic mass is 10.1. The molecule has 0 radical (unpaired) electrons. The number of allylic oxidation sites excluding steroid dienone is 1. The van der Waals surface area contributed by atoms with Crippen molar-refractivity contribution in [3.05, 3.63) is 58.2 Å². The van der Waals surface area contributed by atoms with E-state index in [0.717, 1.165) is 42.9 Å². The first kappa shape index (κ1) is 21.7.